The molecule has 0 aliphatic carbocycles. The van der Waals surface area contributed by atoms with Crippen LogP contribution in [0.5, 0.6) is 0 Å². The highest BCUT2D eigenvalue weighted by Crippen LogP contribution is 2.16. The van der Waals surface area contributed by atoms with Gasteiger partial charge in [0.1, 0.15) is 0 Å². The Morgan fingerprint density at radius 1 is 1.41 bits per heavy atom. The average molecular weight is 236 g/mol. The summed E-state index contributed by atoms with van der Waals surface area (Å²) in [5, 5.41) is 9.13. The molecule has 0 saturated carbocycles. The van der Waals surface area contributed by atoms with Crippen molar-refractivity contribution in [1.82, 2.24) is 4.90 Å². The van der Waals surface area contributed by atoms with Crippen molar-refractivity contribution in [2.45, 2.75) is 25.6 Å². The van der Waals surface area contributed by atoms with Crippen LogP contribution in [-0.2, 0) is 11.3 Å². The minimum atomic E-state index is -0.0556. The number of nitrogens with two attached hydrogens (primary N) is 1. The van der Waals surface area contributed by atoms with Crippen molar-refractivity contribution in [2.24, 2.45) is 0 Å². The number of rotatable bonds is 3. The lowest BCUT2D eigenvalue weighted by Gasteiger charge is -2.37. The van der Waals surface area contributed by atoms with Gasteiger partial charge in [0.2, 0.25) is 0 Å². The third-order valence-electron chi connectivity index (χ3n) is 3.20. The number of benzene rings is 1. The summed E-state index contributed by atoms with van der Waals surface area (Å²) in [5.74, 6) is 0. The highest BCUT2D eigenvalue weighted by atomic mass is 16.5. The molecule has 2 rings (SSSR count). The molecule has 2 unspecified atom stereocenters. The topological polar surface area (TPSA) is 58.7 Å². The molecule has 1 aromatic rings. The largest absolute Gasteiger partial charge is 0.399 e. The third-order valence-corrected chi connectivity index (χ3v) is 3.20. The van der Waals surface area contributed by atoms with Crippen LogP contribution in [0.15, 0.2) is 24.3 Å². The van der Waals surface area contributed by atoms with Crippen molar-refractivity contribution < 1.29 is 9.84 Å². The van der Waals surface area contributed by atoms with Crippen molar-refractivity contribution in [3.63, 3.8) is 0 Å². The molecule has 1 aliphatic heterocycles. The van der Waals surface area contributed by atoms with Crippen LogP contribution in [0.3, 0.4) is 0 Å². The molecule has 1 heterocycles. The summed E-state index contributed by atoms with van der Waals surface area (Å²) in [6.45, 7) is 4.57. The zero-order valence-corrected chi connectivity index (χ0v) is 10.2. The Kier molecular flexibility index (Phi) is 3.99. The van der Waals surface area contributed by atoms with Gasteiger partial charge in [0.15, 0.2) is 0 Å². The van der Waals surface area contributed by atoms with Crippen LogP contribution in [0.2, 0.25) is 0 Å². The molecule has 0 radical (unpaired) electrons. The van der Waals surface area contributed by atoms with Gasteiger partial charge in [-0.1, -0.05) is 12.1 Å². The van der Waals surface area contributed by atoms with E-state index >= 15 is 0 Å². The molecule has 1 aromatic carbocycles. The van der Waals surface area contributed by atoms with E-state index in [2.05, 4.69) is 11.8 Å². The van der Waals surface area contributed by atoms with Gasteiger partial charge in [0.05, 0.1) is 19.3 Å². The minimum absolute atomic E-state index is 0.0556. The predicted octanol–water partition coefficient (Wildman–Crippen LogP) is 0.850. The van der Waals surface area contributed by atoms with E-state index in [0.29, 0.717) is 12.6 Å². The van der Waals surface area contributed by atoms with E-state index in [1.165, 1.54) is 5.56 Å². The lowest BCUT2D eigenvalue weighted by Crippen LogP contribution is -2.48. The number of nitrogens with zero attached hydrogens (tertiary/aromatic N) is 1. The number of aliphatic hydroxyl groups is 1. The number of nitrogen functional groups attached to an aromatic ring is 1. The molecule has 4 nitrogen and oxygen atoms in total. The van der Waals surface area contributed by atoms with Crippen molar-refractivity contribution in [1.29, 1.82) is 0 Å². The van der Waals surface area contributed by atoms with Crippen molar-refractivity contribution in [3.05, 3.63) is 29.8 Å². The first-order chi connectivity index (χ1) is 8.19. The SMILES string of the molecule is CC1COC(CO)CN1Cc1ccc(N)cc1. The molecular weight excluding hydrogens is 216 g/mol. The summed E-state index contributed by atoms with van der Waals surface area (Å²) < 4.78 is 5.51. The van der Waals surface area contributed by atoms with Crippen LogP contribution >= 0.6 is 0 Å². The Hall–Kier alpha value is -1.10. The molecule has 94 valence electrons. The molecule has 0 spiro atoms. The second-order valence-electron chi connectivity index (χ2n) is 4.66. The number of morpholine rings is 1. The molecule has 1 saturated heterocycles. The van der Waals surface area contributed by atoms with E-state index in [4.69, 9.17) is 15.6 Å². The number of hydrogen-bond donors (Lipinski definition) is 2. The second kappa shape index (κ2) is 5.49. The van der Waals surface area contributed by atoms with Crippen LogP contribution in [-0.4, -0.2) is 41.9 Å². The Labute approximate surface area is 102 Å². The summed E-state index contributed by atoms with van der Waals surface area (Å²) in [4.78, 5) is 2.33. The first-order valence-corrected chi connectivity index (χ1v) is 6.00. The van der Waals surface area contributed by atoms with E-state index in [-0.39, 0.29) is 12.7 Å². The van der Waals surface area contributed by atoms with Gasteiger partial charge in [-0.2, -0.15) is 0 Å². The fraction of sp³-hybridized carbons (Fsp3) is 0.538. The Balaban J connectivity index is 1.98. The summed E-state index contributed by atoms with van der Waals surface area (Å²) in [7, 11) is 0. The molecule has 2 atom stereocenters. The highest BCUT2D eigenvalue weighted by Gasteiger charge is 2.25. The van der Waals surface area contributed by atoms with Crippen LogP contribution < -0.4 is 5.73 Å². The standard InChI is InChI=1S/C13H20N2O2/c1-10-9-17-13(8-16)7-15(10)6-11-2-4-12(14)5-3-11/h2-5,10,13,16H,6-9,14H2,1H3. The van der Waals surface area contributed by atoms with Gasteiger partial charge in [-0.3, -0.25) is 4.90 Å². The molecule has 0 bridgehead atoms. The third kappa shape index (κ3) is 3.19. The summed E-state index contributed by atoms with van der Waals surface area (Å²) >= 11 is 0. The lowest BCUT2D eigenvalue weighted by molar-refractivity contribution is -0.0805. The van der Waals surface area contributed by atoms with Gasteiger partial charge in [0, 0.05) is 24.8 Å². The Morgan fingerprint density at radius 2 is 2.12 bits per heavy atom. The van der Waals surface area contributed by atoms with Crippen LogP contribution in [0.1, 0.15) is 12.5 Å². The summed E-state index contributed by atoms with van der Waals surface area (Å²) in [6.07, 6.45) is -0.0556. The number of anilines is 1. The van der Waals surface area contributed by atoms with Crippen LogP contribution in [0.4, 0.5) is 5.69 Å². The Morgan fingerprint density at radius 3 is 2.76 bits per heavy atom. The van der Waals surface area contributed by atoms with E-state index < -0.39 is 0 Å². The van der Waals surface area contributed by atoms with Gasteiger partial charge in [-0.05, 0) is 24.6 Å². The fourth-order valence-corrected chi connectivity index (χ4v) is 2.06. The van der Waals surface area contributed by atoms with Crippen molar-refractivity contribution in [3.8, 4) is 0 Å². The average Bonchev–Trinajstić information content (AvgIpc) is 2.35. The van der Waals surface area contributed by atoms with E-state index in [1.807, 2.05) is 24.3 Å². The van der Waals surface area contributed by atoms with E-state index in [1.54, 1.807) is 0 Å². The van der Waals surface area contributed by atoms with Gasteiger partial charge in [-0.25, -0.2) is 0 Å². The normalized spacial score (nSPS) is 26.0. The molecule has 3 N–H and O–H groups in total. The zero-order chi connectivity index (χ0) is 12.3. The first-order valence-electron chi connectivity index (χ1n) is 6.00. The maximum Gasteiger partial charge on any atom is 0.0933 e. The fourth-order valence-electron chi connectivity index (χ4n) is 2.06. The minimum Gasteiger partial charge on any atom is -0.399 e. The van der Waals surface area contributed by atoms with Crippen molar-refractivity contribution >= 4 is 5.69 Å². The van der Waals surface area contributed by atoms with Gasteiger partial charge < -0.3 is 15.6 Å². The number of hydrogen-bond acceptors (Lipinski definition) is 4. The second-order valence-corrected chi connectivity index (χ2v) is 4.66. The van der Waals surface area contributed by atoms with Crippen LogP contribution in [0, 0.1) is 0 Å². The predicted molar refractivity (Wildman–Crippen MR) is 67.6 cm³/mol. The van der Waals surface area contributed by atoms with Gasteiger partial charge in [0.25, 0.3) is 0 Å². The lowest BCUT2D eigenvalue weighted by atomic mass is 10.1. The smallest absolute Gasteiger partial charge is 0.0933 e. The molecule has 0 amide bonds. The highest BCUT2D eigenvalue weighted by molar-refractivity contribution is 5.39. The first kappa shape index (κ1) is 12.4. The zero-order valence-electron chi connectivity index (χ0n) is 10.2. The van der Waals surface area contributed by atoms with Crippen LogP contribution in [0.25, 0.3) is 0 Å². The molecule has 1 aliphatic rings. The van der Waals surface area contributed by atoms with Gasteiger partial charge in [-0.15, -0.1) is 0 Å². The molecule has 4 heteroatoms. The quantitative estimate of drug-likeness (QED) is 0.764. The summed E-state index contributed by atoms with van der Waals surface area (Å²) in [6, 6.07) is 8.32. The molecule has 1 fully saturated rings. The maximum absolute atomic E-state index is 9.13. The van der Waals surface area contributed by atoms with Gasteiger partial charge >= 0.3 is 0 Å². The van der Waals surface area contributed by atoms with E-state index in [9.17, 15) is 0 Å². The molecular formula is C13H20N2O2. The molecule has 0 aromatic heterocycles. The number of aliphatic hydroxyl groups excluding tert-OH is 1. The molecule has 17 heavy (non-hydrogen) atoms. The van der Waals surface area contributed by atoms with Crippen molar-refractivity contribution in [2.75, 3.05) is 25.5 Å². The monoisotopic (exact) mass is 236 g/mol. The summed E-state index contributed by atoms with van der Waals surface area (Å²) in [5.41, 5.74) is 7.69. The Bertz CT molecular complexity index is 353. The van der Waals surface area contributed by atoms with E-state index in [0.717, 1.165) is 18.8 Å². The maximum atomic E-state index is 9.13. The number of ether oxygens (including phenoxy) is 1.